The first-order valence-electron chi connectivity index (χ1n) is 7.14. The molecule has 22 heavy (non-hydrogen) atoms. The van der Waals surface area contributed by atoms with Crippen molar-refractivity contribution in [3.63, 3.8) is 0 Å². The van der Waals surface area contributed by atoms with E-state index >= 15 is 0 Å². The van der Waals surface area contributed by atoms with Crippen LogP contribution in [0.3, 0.4) is 0 Å². The summed E-state index contributed by atoms with van der Waals surface area (Å²) in [5.41, 5.74) is 3.34. The standard InChI is InChI=1S/C17H13ClN2O2/c18-11-4-5-12-10(8-11)3-6-15(12)20-16(21)14-9-22-17-13(14)2-1-7-19-17/h1-2,4-5,7-9,15H,3,6H2,(H,20,21)/t15-/m0/s1. The van der Waals surface area contributed by atoms with Crippen molar-refractivity contribution in [1.82, 2.24) is 10.3 Å². The maximum atomic E-state index is 12.5. The summed E-state index contributed by atoms with van der Waals surface area (Å²) in [6.45, 7) is 0. The Kier molecular flexibility index (Phi) is 3.12. The highest BCUT2D eigenvalue weighted by molar-refractivity contribution is 6.30. The predicted octanol–water partition coefficient (Wildman–Crippen LogP) is 3.90. The number of fused-ring (bicyclic) bond motifs is 2. The van der Waals surface area contributed by atoms with Crippen LogP contribution in [0.5, 0.6) is 0 Å². The molecule has 0 spiro atoms. The number of carbonyl (C=O) groups excluding carboxylic acids is 1. The first-order valence-corrected chi connectivity index (χ1v) is 7.51. The Morgan fingerprint density at radius 2 is 2.27 bits per heavy atom. The lowest BCUT2D eigenvalue weighted by atomic mass is 10.1. The number of halogens is 1. The van der Waals surface area contributed by atoms with Gasteiger partial charge in [-0.05, 0) is 48.2 Å². The molecule has 1 amide bonds. The van der Waals surface area contributed by atoms with E-state index < -0.39 is 0 Å². The molecule has 0 unspecified atom stereocenters. The molecule has 4 nitrogen and oxygen atoms in total. The van der Waals surface area contributed by atoms with Gasteiger partial charge in [0.15, 0.2) is 0 Å². The molecule has 0 aliphatic heterocycles. The van der Waals surface area contributed by atoms with E-state index in [1.165, 1.54) is 11.8 Å². The average Bonchev–Trinajstić information content (AvgIpc) is 3.11. The van der Waals surface area contributed by atoms with Crippen molar-refractivity contribution >= 4 is 28.6 Å². The molecule has 1 aromatic carbocycles. The van der Waals surface area contributed by atoms with Gasteiger partial charge in [0.2, 0.25) is 5.71 Å². The summed E-state index contributed by atoms with van der Waals surface area (Å²) in [6, 6.07) is 9.47. The second-order valence-electron chi connectivity index (χ2n) is 5.41. The van der Waals surface area contributed by atoms with Gasteiger partial charge in [0.1, 0.15) is 6.26 Å². The molecule has 0 radical (unpaired) electrons. The molecule has 2 aromatic heterocycles. The number of hydrogen-bond acceptors (Lipinski definition) is 3. The topological polar surface area (TPSA) is 55.1 Å². The summed E-state index contributed by atoms with van der Waals surface area (Å²) in [5.74, 6) is -0.139. The maximum Gasteiger partial charge on any atom is 0.255 e. The minimum absolute atomic E-state index is 0.0152. The van der Waals surface area contributed by atoms with E-state index in [0.717, 1.165) is 28.8 Å². The van der Waals surface area contributed by atoms with E-state index in [4.69, 9.17) is 16.0 Å². The van der Waals surface area contributed by atoms with Crippen LogP contribution in [0.4, 0.5) is 0 Å². The molecule has 1 aliphatic rings. The van der Waals surface area contributed by atoms with Crippen LogP contribution < -0.4 is 5.32 Å². The van der Waals surface area contributed by atoms with Crippen molar-refractivity contribution in [3.8, 4) is 0 Å². The number of furan rings is 1. The van der Waals surface area contributed by atoms with E-state index in [9.17, 15) is 4.79 Å². The average molecular weight is 313 g/mol. The normalized spacial score (nSPS) is 16.7. The number of nitrogens with zero attached hydrogens (tertiary/aromatic N) is 1. The first kappa shape index (κ1) is 13.3. The highest BCUT2D eigenvalue weighted by atomic mass is 35.5. The molecule has 2 heterocycles. The summed E-state index contributed by atoms with van der Waals surface area (Å²) in [7, 11) is 0. The van der Waals surface area contributed by atoms with Gasteiger partial charge in [-0.15, -0.1) is 0 Å². The molecule has 4 rings (SSSR count). The van der Waals surface area contributed by atoms with E-state index in [0.29, 0.717) is 11.3 Å². The Balaban J connectivity index is 1.61. The lowest BCUT2D eigenvalue weighted by Gasteiger charge is -2.13. The van der Waals surface area contributed by atoms with Crippen molar-refractivity contribution < 1.29 is 9.21 Å². The van der Waals surface area contributed by atoms with Gasteiger partial charge >= 0.3 is 0 Å². The van der Waals surface area contributed by atoms with Crippen LogP contribution in [-0.4, -0.2) is 10.9 Å². The van der Waals surface area contributed by atoms with Crippen LogP contribution >= 0.6 is 11.6 Å². The molecule has 0 saturated heterocycles. The summed E-state index contributed by atoms with van der Waals surface area (Å²) < 4.78 is 5.33. The number of pyridine rings is 1. The van der Waals surface area contributed by atoms with Crippen molar-refractivity contribution in [2.75, 3.05) is 0 Å². The van der Waals surface area contributed by atoms with Crippen molar-refractivity contribution in [2.45, 2.75) is 18.9 Å². The van der Waals surface area contributed by atoms with Gasteiger partial charge in [0.25, 0.3) is 5.91 Å². The predicted molar refractivity (Wildman–Crippen MR) is 84.0 cm³/mol. The van der Waals surface area contributed by atoms with E-state index in [1.54, 1.807) is 12.3 Å². The number of amides is 1. The van der Waals surface area contributed by atoms with Crippen LogP contribution in [0, 0.1) is 0 Å². The highest BCUT2D eigenvalue weighted by Gasteiger charge is 2.25. The third-order valence-corrected chi connectivity index (χ3v) is 4.32. The lowest BCUT2D eigenvalue weighted by molar-refractivity contribution is 0.0937. The monoisotopic (exact) mass is 312 g/mol. The largest absolute Gasteiger partial charge is 0.445 e. The summed E-state index contributed by atoms with van der Waals surface area (Å²) >= 11 is 6.02. The Morgan fingerprint density at radius 1 is 1.36 bits per heavy atom. The molecular formula is C17H13ClN2O2. The van der Waals surface area contributed by atoms with Crippen molar-refractivity contribution in [1.29, 1.82) is 0 Å². The number of hydrogen-bond donors (Lipinski definition) is 1. The van der Waals surface area contributed by atoms with Crippen LogP contribution in [0.15, 0.2) is 47.2 Å². The maximum absolute atomic E-state index is 12.5. The second-order valence-corrected chi connectivity index (χ2v) is 5.85. The van der Waals surface area contributed by atoms with Crippen molar-refractivity contribution in [2.24, 2.45) is 0 Å². The number of benzene rings is 1. The summed E-state index contributed by atoms with van der Waals surface area (Å²) in [5, 5.41) is 4.54. The second kappa shape index (κ2) is 5.14. The lowest BCUT2D eigenvalue weighted by Crippen LogP contribution is -2.26. The van der Waals surface area contributed by atoms with E-state index in [1.807, 2.05) is 24.3 Å². The Bertz CT molecular complexity index is 872. The molecule has 1 atom stereocenters. The zero-order valence-electron chi connectivity index (χ0n) is 11.7. The third-order valence-electron chi connectivity index (χ3n) is 4.08. The third kappa shape index (κ3) is 2.16. The number of aromatic nitrogens is 1. The fourth-order valence-corrected chi connectivity index (χ4v) is 3.21. The summed E-state index contributed by atoms with van der Waals surface area (Å²) in [6.07, 6.45) is 4.92. The van der Waals surface area contributed by atoms with Gasteiger partial charge in [-0.3, -0.25) is 4.79 Å². The molecule has 3 aromatic rings. The van der Waals surface area contributed by atoms with Crippen LogP contribution in [0.2, 0.25) is 5.02 Å². The molecule has 1 N–H and O–H groups in total. The highest BCUT2D eigenvalue weighted by Crippen LogP contribution is 2.33. The molecule has 0 fully saturated rings. The van der Waals surface area contributed by atoms with Gasteiger partial charge in [0, 0.05) is 11.2 Å². The molecule has 0 saturated carbocycles. The van der Waals surface area contributed by atoms with Crippen LogP contribution in [0.25, 0.3) is 11.1 Å². The van der Waals surface area contributed by atoms with Gasteiger partial charge < -0.3 is 9.73 Å². The Labute approximate surface area is 132 Å². The first-order chi connectivity index (χ1) is 10.7. The van der Waals surface area contributed by atoms with E-state index in [-0.39, 0.29) is 11.9 Å². The number of rotatable bonds is 2. The number of nitrogens with one attached hydrogen (secondary N) is 1. The SMILES string of the molecule is O=C(N[C@H]1CCc2cc(Cl)ccc21)c1coc2ncccc12. The van der Waals surface area contributed by atoms with Gasteiger partial charge in [0.05, 0.1) is 17.0 Å². The van der Waals surface area contributed by atoms with Crippen LogP contribution in [0.1, 0.15) is 33.9 Å². The van der Waals surface area contributed by atoms with Crippen LogP contribution in [-0.2, 0) is 6.42 Å². The van der Waals surface area contributed by atoms with Gasteiger partial charge in [-0.2, -0.15) is 0 Å². The Morgan fingerprint density at radius 3 is 3.18 bits per heavy atom. The van der Waals surface area contributed by atoms with Gasteiger partial charge in [-0.25, -0.2) is 4.98 Å². The summed E-state index contributed by atoms with van der Waals surface area (Å²) in [4.78, 5) is 16.6. The fraction of sp³-hybridized carbons (Fsp3) is 0.176. The smallest absolute Gasteiger partial charge is 0.255 e. The van der Waals surface area contributed by atoms with E-state index in [2.05, 4.69) is 10.3 Å². The van der Waals surface area contributed by atoms with Gasteiger partial charge in [-0.1, -0.05) is 17.7 Å². The zero-order chi connectivity index (χ0) is 15.1. The molecule has 110 valence electrons. The number of carbonyl (C=O) groups is 1. The molecule has 5 heteroatoms. The minimum Gasteiger partial charge on any atom is -0.445 e. The minimum atomic E-state index is -0.139. The molecule has 1 aliphatic carbocycles. The zero-order valence-corrected chi connectivity index (χ0v) is 12.4. The Hall–Kier alpha value is -2.33. The molecular weight excluding hydrogens is 300 g/mol. The number of aryl methyl sites for hydroxylation is 1. The molecule has 0 bridgehead atoms. The fourth-order valence-electron chi connectivity index (χ4n) is 3.02. The van der Waals surface area contributed by atoms with Crippen molar-refractivity contribution in [3.05, 3.63) is 64.5 Å². The quantitative estimate of drug-likeness (QED) is 0.781.